The first-order valence-electron chi connectivity index (χ1n) is 4.73. The van der Waals surface area contributed by atoms with Gasteiger partial charge in [0, 0.05) is 18.1 Å². The van der Waals surface area contributed by atoms with Crippen LogP contribution in [0.25, 0.3) is 0 Å². The van der Waals surface area contributed by atoms with E-state index < -0.39 is 0 Å². The third kappa shape index (κ3) is 2.75. The molecule has 0 aromatic carbocycles. The Kier molecular flexibility index (Phi) is 3.68. The van der Waals surface area contributed by atoms with E-state index in [1.165, 1.54) is 11.8 Å². The molecule has 0 radical (unpaired) electrons. The molecule has 0 aliphatic rings. The van der Waals surface area contributed by atoms with Crippen molar-refractivity contribution in [3.63, 3.8) is 0 Å². The maximum atomic E-state index is 4.19. The normalized spacial score (nSPS) is 10.7. The number of unbranched alkanes of at least 4 members (excludes halogenated alkanes) is 1. The van der Waals surface area contributed by atoms with Gasteiger partial charge in [-0.05, 0) is 28.6 Å². The lowest BCUT2D eigenvalue weighted by atomic mass is 10.3. The summed E-state index contributed by atoms with van der Waals surface area (Å²) < 4.78 is 2.80. The molecule has 0 saturated heterocycles. The van der Waals surface area contributed by atoms with Crippen LogP contribution in [0, 0.1) is 0 Å². The Morgan fingerprint density at radius 3 is 3.20 bits per heavy atom. The fourth-order valence-corrected chi connectivity index (χ4v) is 2.58. The van der Waals surface area contributed by atoms with Gasteiger partial charge in [0.2, 0.25) is 5.16 Å². The van der Waals surface area contributed by atoms with E-state index in [0.29, 0.717) is 0 Å². The van der Waals surface area contributed by atoms with Crippen LogP contribution in [-0.2, 0) is 6.54 Å². The summed E-state index contributed by atoms with van der Waals surface area (Å²) in [6.07, 6.45) is 4.02. The predicted octanol–water partition coefficient (Wildman–Crippen LogP) is 2.08. The van der Waals surface area contributed by atoms with Gasteiger partial charge in [0.25, 0.3) is 0 Å². The van der Waals surface area contributed by atoms with Gasteiger partial charge >= 0.3 is 0 Å². The lowest BCUT2D eigenvalue weighted by Gasteiger charge is -2.00. The van der Waals surface area contributed by atoms with Crippen LogP contribution in [0.2, 0.25) is 0 Å². The van der Waals surface area contributed by atoms with Gasteiger partial charge in [-0.25, -0.2) is 9.67 Å². The van der Waals surface area contributed by atoms with Crippen LogP contribution >= 0.6 is 23.1 Å². The van der Waals surface area contributed by atoms with Crippen LogP contribution in [0.5, 0.6) is 0 Å². The van der Waals surface area contributed by atoms with E-state index in [2.05, 4.69) is 27.4 Å². The third-order valence-electron chi connectivity index (χ3n) is 1.81. The molecule has 0 bridgehead atoms. The fraction of sp³-hybridized carbons (Fsp3) is 0.500. The number of thiazole rings is 1. The Morgan fingerprint density at radius 2 is 2.47 bits per heavy atom. The number of aromatic nitrogens is 5. The van der Waals surface area contributed by atoms with E-state index in [0.717, 1.165) is 28.9 Å². The maximum absolute atomic E-state index is 4.19. The van der Waals surface area contributed by atoms with Crippen molar-refractivity contribution in [3.8, 4) is 0 Å². The minimum absolute atomic E-state index is 0.818. The highest BCUT2D eigenvalue weighted by Crippen LogP contribution is 2.26. The van der Waals surface area contributed by atoms with Crippen LogP contribution in [0.1, 0.15) is 19.8 Å². The van der Waals surface area contributed by atoms with Crippen LogP contribution < -0.4 is 0 Å². The zero-order chi connectivity index (χ0) is 10.5. The molecule has 0 aliphatic carbocycles. The van der Waals surface area contributed by atoms with Gasteiger partial charge in [-0.1, -0.05) is 13.3 Å². The quantitative estimate of drug-likeness (QED) is 0.802. The van der Waals surface area contributed by atoms with Crippen molar-refractivity contribution in [1.29, 1.82) is 0 Å². The van der Waals surface area contributed by atoms with E-state index in [1.54, 1.807) is 17.5 Å². The first-order valence-corrected chi connectivity index (χ1v) is 6.43. The first kappa shape index (κ1) is 10.6. The summed E-state index contributed by atoms with van der Waals surface area (Å²) >= 11 is 3.11. The zero-order valence-corrected chi connectivity index (χ0v) is 9.96. The van der Waals surface area contributed by atoms with Crippen molar-refractivity contribution in [2.45, 2.75) is 35.8 Å². The number of nitrogens with zero attached hydrogens (tertiary/aromatic N) is 5. The van der Waals surface area contributed by atoms with Gasteiger partial charge in [0.1, 0.15) is 0 Å². The van der Waals surface area contributed by atoms with Gasteiger partial charge < -0.3 is 0 Å². The summed E-state index contributed by atoms with van der Waals surface area (Å²) in [5.74, 6) is 0. The fourth-order valence-electron chi connectivity index (χ4n) is 1.06. The van der Waals surface area contributed by atoms with Crippen molar-refractivity contribution in [2.75, 3.05) is 0 Å². The standard InChI is InChI=1S/C8H11N5S2/c1-2-3-5-13-7(10-11-12-13)15-8-9-4-6-14-8/h4,6H,2-3,5H2,1H3. The largest absolute Gasteiger partial charge is 0.238 e. The number of hydrogen-bond acceptors (Lipinski definition) is 6. The average Bonchev–Trinajstić information content (AvgIpc) is 2.87. The summed E-state index contributed by atoms with van der Waals surface area (Å²) in [6, 6.07) is 0. The Balaban J connectivity index is 2.04. The molecule has 0 fully saturated rings. The van der Waals surface area contributed by atoms with E-state index in [9.17, 15) is 0 Å². The Morgan fingerprint density at radius 1 is 1.53 bits per heavy atom. The van der Waals surface area contributed by atoms with E-state index in [4.69, 9.17) is 0 Å². The lowest BCUT2D eigenvalue weighted by Crippen LogP contribution is -2.01. The molecule has 0 atom stereocenters. The molecule has 0 spiro atoms. The number of rotatable bonds is 5. The molecule has 0 amide bonds. The molecule has 15 heavy (non-hydrogen) atoms. The monoisotopic (exact) mass is 241 g/mol. The highest BCUT2D eigenvalue weighted by molar-refractivity contribution is 8.00. The molecule has 0 N–H and O–H groups in total. The van der Waals surface area contributed by atoms with Crippen molar-refractivity contribution in [3.05, 3.63) is 11.6 Å². The summed E-state index contributed by atoms with van der Waals surface area (Å²) in [6.45, 7) is 3.02. The summed E-state index contributed by atoms with van der Waals surface area (Å²) in [7, 11) is 0. The molecular weight excluding hydrogens is 230 g/mol. The molecule has 80 valence electrons. The molecule has 2 heterocycles. The molecule has 2 aromatic rings. The van der Waals surface area contributed by atoms with E-state index in [-0.39, 0.29) is 0 Å². The maximum Gasteiger partial charge on any atom is 0.216 e. The molecule has 0 unspecified atom stereocenters. The molecule has 7 heteroatoms. The van der Waals surface area contributed by atoms with Crippen LogP contribution in [0.15, 0.2) is 21.1 Å². The van der Waals surface area contributed by atoms with Crippen LogP contribution in [0.4, 0.5) is 0 Å². The van der Waals surface area contributed by atoms with Crippen LogP contribution in [-0.4, -0.2) is 25.2 Å². The number of aryl methyl sites for hydroxylation is 1. The van der Waals surface area contributed by atoms with Gasteiger partial charge in [-0.3, -0.25) is 0 Å². The SMILES string of the molecule is CCCCn1nnnc1Sc1nccs1. The van der Waals surface area contributed by atoms with Gasteiger partial charge in [-0.15, -0.1) is 16.4 Å². The van der Waals surface area contributed by atoms with Crippen LogP contribution in [0.3, 0.4) is 0 Å². The van der Waals surface area contributed by atoms with E-state index >= 15 is 0 Å². The topological polar surface area (TPSA) is 56.5 Å². The molecule has 0 aliphatic heterocycles. The van der Waals surface area contributed by atoms with Crippen molar-refractivity contribution < 1.29 is 0 Å². The number of hydrogen-bond donors (Lipinski definition) is 0. The highest BCUT2D eigenvalue weighted by atomic mass is 32.2. The summed E-state index contributed by atoms with van der Waals surface area (Å²) in [5.41, 5.74) is 0. The Bertz CT molecular complexity index is 397. The smallest absolute Gasteiger partial charge is 0.216 e. The predicted molar refractivity (Wildman–Crippen MR) is 59.0 cm³/mol. The first-order chi connectivity index (χ1) is 7.40. The van der Waals surface area contributed by atoms with Gasteiger partial charge in [0.05, 0.1) is 0 Å². The lowest BCUT2D eigenvalue weighted by molar-refractivity contribution is 0.518. The second-order valence-corrected chi connectivity index (χ2v) is 5.05. The van der Waals surface area contributed by atoms with Crippen molar-refractivity contribution in [2.24, 2.45) is 0 Å². The van der Waals surface area contributed by atoms with Gasteiger partial charge in [0.15, 0.2) is 4.34 Å². The second kappa shape index (κ2) is 5.22. The Hall–Kier alpha value is -0.950. The Labute approximate surface area is 95.9 Å². The summed E-state index contributed by atoms with van der Waals surface area (Å²) in [4.78, 5) is 4.19. The minimum Gasteiger partial charge on any atom is -0.238 e. The molecule has 2 aromatic heterocycles. The second-order valence-electron chi connectivity index (χ2n) is 2.94. The third-order valence-corrected chi connectivity index (χ3v) is 3.67. The highest BCUT2D eigenvalue weighted by Gasteiger charge is 2.08. The summed E-state index contributed by atoms with van der Waals surface area (Å²) in [5, 5.41) is 14.4. The average molecular weight is 241 g/mol. The molecule has 2 rings (SSSR count). The number of tetrazole rings is 1. The van der Waals surface area contributed by atoms with Gasteiger partial charge in [-0.2, -0.15) is 0 Å². The minimum atomic E-state index is 0.818. The van der Waals surface area contributed by atoms with Crippen molar-refractivity contribution in [1.82, 2.24) is 25.2 Å². The van der Waals surface area contributed by atoms with Crippen molar-refractivity contribution >= 4 is 23.1 Å². The zero-order valence-electron chi connectivity index (χ0n) is 8.33. The molecular formula is C8H11N5S2. The molecule has 5 nitrogen and oxygen atoms in total. The van der Waals surface area contributed by atoms with E-state index in [1.807, 2.05) is 10.1 Å². The molecule has 0 saturated carbocycles.